The lowest BCUT2D eigenvalue weighted by molar-refractivity contribution is -0.122. The second-order valence-corrected chi connectivity index (χ2v) is 5.79. The van der Waals surface area contributed by atoms with E-state index in [4.69, 9.17) is 9.47 Å². The summed E-state index contributed by atoms with van der Waals surface area (Å²) in [5.74, 6) is 1.71. The fourth-order valence-corrected chi connectivity index (χ4v) is 2.71. The molecule has 0 aliphatic carbocycles. The molecule has 1 saturated heterocycles. The fraction of sp³-hybridized carbons (Fsp3) is 0.611. The van der Waals surface area contributed by atoms with E-state index in [-0.39, 0.29) is 5.91 Å². The number of likely N-dealkylation sites (tertiary alicyclic amines) is 1. The zero-order valence-corrected chi connectivity index (χ0v) is 14.1. The Hall–Kier alpha value is -1.75. The van der Waals surface area contributed by atoms with Crippen molar-refractivity contribution in [1.29, 1.82) is 0 Å². The van der Waals surface area contributed by atoms with E-state index in [1.807, 2.05) is 31.2 Å². The Morgan fingerprint density at radius 1 is 1.04 bits per heavy atom. The van der Waals surface area contributed by atoms with Gasteiger partial charge in [0.05, 0.1) is 19.7 Å². The first-order valence-corrected chi connectivity index (χ1v) is 8.62. The highest BCUT2D eigenvalue weighted by Gasteiger charge is 2.12. The molecule has 5 heteroatoms. The number of ether oxygens (including phenoxy) is 2. The van der Waals surface area contributed by atoms with E-state index < -0.39 is 0 Å². The van der Waals surface area contributed by atoms with Crippen LogP contribution in [0.1, 0.15) is 32.6 Å². The van der Waals surface area contributed by atoms with Crippen molar-refractivity contribution in [3.05, 3.63) is 24.3 Å². The maximum atomic E-state index is 11.9. The number of carbonyl (C=O) groups excluding carboxylic acids is 1. The van der Waals surface area contributed by atoms with Gasteiger partial charge in [0.15, 0.2) is 0 Å². The third-order valence-electron chi connectivity index (χ3n) is 3.89. The van der Waals surface area contributed by atoms with E-state index in [1.165, 1.54) is 25.7 Å². The van der Waals surface area contributed by atoms with Crippen LogP contribution in [0, 0.1) is 0 Å². The maximum Gasteiger partial charge on any atom is 0.234 e. The number of hydrogen-bond acceptors (Lipinski definition) is 4. The Morgan fingerprint density at radius 2 is 1.65 bits per heavy atom. The van der Waals surface area contributed by atoms with Gasteiger partial charge in [0.2, 0.25) is 5.91 Å². The van der Waals surface area contributed by atoms with E-state index in [1.54, 1.807) is 0 Å². The van der Waals surface area contributed by atoms with Crippen molar-refractivity contribution in [2.45, 2.75) is 32.6 Å². The number of amides is 1. The highest BCUT2D eigenvalue weighted by molar-refractivity contribution is 5.77. The van der Waals surface area contributed by atoms with Crippen molar-refractivity contribution in [1.82, 2.24) is 10.2 Å². The molecule has 2 rings (SSSR count). The number of nitrogens with zero attached hydrogens (tertiary/aromatic N) is 1. The molecule has 5 nitrogen and oxygen atoms in total. The van der Waals surface area contributed by atoms with Gasteiger partial charge in [-0.15, -0.1) is 0 Å². The standard InChI is InChI=1S/C18H28N2O3/c1-2-22-16-7-9-17(10-8-16)23-14-11-19-18(21)15-20-12-5-3-4-6-13-20/h7-10H,2-6,11-15H2,1H3,(H,19,21). The molecule has 1 N–H and O–H groups in total. The van der Waals surface area contributed by atoms with Crippen LogP contribution in [0.15, 0.2) is 24.3 Å². The minimum absolute atomic E-state index is 0.0854. The van der Waals surface area contributed by atoms with Crippen LogP contribution in [0.2, 0.25) is 0 Å². The minimum atomic E-state index is 0.0854. The van der Waals surface area contributed by atoms with Crippen molar-refractivity contribution < 1.29 is 14.3 Å². The van der Waals surface area contributed by atoms with Crippen molar-refractivity contribution in [2.24, 2.45) is 0 Å². The van der Waals surface area contributed by atoms with Gasteiger partial charge < -0.3 is 14.8 Å². The molecule has 1 aromatic rings. The van der Waals surface area contributed by atoms with Crippen LogP contribution >= 0.6 is 0 Å². The van der Waals surface area contributed by atoms with Crippen LogP contribution in [-0.4, -0.2) is 50.2 Å². The molecule has 0 unspecified atom stereocenters. The van der Waals surface area contributed by atoms with Crippen LogP contribution in [-0.2, 0) is 4.79 Å². The molecule has 23 heavy (non-hydrogen) atoms. The summed E-state index contributed by atoms with van der Waals surface area (Å²) in [6, 6.07) is 7.53. The van der Waals surface area contributed by atoms with Gasteiger partial charge >= 0.3 is 0 Å². The van der Waals surface area contributed by atoms with Crippen molar-refractivity contribution >= 4 is 5.91 Å². The summed E-state index contributed by atoms with van der Waals surface area (Å²) >= 11 is 0. The van der Waals surface area contributed by atoms with Crippen LogP contribution < -0.4 is 14.8 Å². The second kappa shape index (κ2) is 10.1. The van der Waals surface area contributed by atoms with Crippen LogP contribution in [0.5, 0.6) is 11.5 Å². The third kappa shape index (κ3) is 6.91. The predicted molar refractivity (Wildman–Crippen MR) is 91.0 cm³/mol. The van der Waals surface area contributed by atoms with Crippen LogP contribution in [0.4, 0.5) is 0 Å². The van der Waals surface area contributed by atoms with Crippen molar-refractivity contribution in [2.75, 3.05) is 39.4 Å². The van der Waals surface area contributed by atoms with E-state index in [2.05, 4.69) is 10.2 Å². The van der Waals surface area contributed by atoms with Gasteiger partial charge in [0, 0.05) is 0 Å². The molecule has 128 valence electrons. The largest absolute Gasteiger partial charge is 0.494 e. The lowest BCUT2D eigenvalue weighted by Gasteiger charge is -2.19. The molecule has 0 saturated carbocycles. The second-order valence-electron chi connectivity index (χ2n) is 5.79. The van der Waals surface area contributed by atoms with E-state index >= 15 is 0 Å². The number of nitrogens with one attached hydrogen (secondary N) is 1. The topological polar surface area (TPSA) is 50.8 Å². The zero-order valence-electron chi connectivity index (χ0n) is 14.1. The summed E-state index contributed by atoms with van der Waals surface area (Å²) in [7, 11) is 0. The average molecular weight is 320 g/mol. The molecule has 0 aromatic heterocycles. The maximum absolute atomic E-state index is 11.9. The van der Waals surface area contributed by atoms with E-state index in [0.717, 1.165) is 24.6 Å². The number of hydrogen-bond donors (Lipinski definition) is 1. The Bertz CT molecular complexity index is 454. The molecule has 1 aliphatic heterocycles. The van der Waals surface area contributed by atoms with Gasteiger partial charge in [0.1, 0.15) is 18.1 Å². The Kier molecular flexibility index (Phi) is 7.73. The van der Waals surface area contributed by atoms with E-state index in [0.29, 0.717) is 26.3 Å². The summed E-state index contributed by atoms with van der Waals surface area (Å²) < 4.78 is 11.0. The third-order valence-corrected chi connectivity index (χ3v) is 3.89. The summed E-state index contributed by atoms with van der Waals surface area (Å²) in [6.45, 7) is 6.19. The first-order chi connectivity index (χ1) is 11.3. The van der Waals surface area contributed by atoms with Gasteiger partial charge in [-0.05, 0) is 57.1 Å². The molecule has 1 amide bonds. The summed E-state index contributed by atoms with van der Waals surface area (Å²) in [4.78, 5) is 14.2. The molecule has 0 spiro atoms. The zero-order chi connectivity index (χ0) is 16.3. The molecular formula is C18H28N2O3. The highest BCUT2D eigenvalue weighted by Crippen LogP contribution is 2.17. The number of benzene rings is 1. The predicted octanol–water partition coefficient (Wildman–Crippen LogP) is 2.46. The first kappa shape index (κ1) is 17.6. The highest BCUT2D eigenvalue weighted by atomic mass is 16.5. The Labute approximate surface area is 139 Å². The van der Waals surface area contributed by atoms with Gasteiger partial charge in [-0.25, -0.2) is 0 Å². The number of carbonyl (C=O) groups is 1. The van der Waals surface area contributed by atoms with Crippen LogP contribution in [0.3, 0.4) is 0 Å². The van der Waals surface area contributed by atoms with Crippen LogP contribution in [0.25, 0.3) is 0 Å². The normalized spacial score (nSPS) is 15.7. The molecule has 0 atom stereocenters. The number of rotatable bonds is 8. The van der Waals surface area contributed by atoms with Gasteiger partial charge in [0.25, 0.3) is 0 Å². The smallest absolute Gasteiger partial charge is 0.234 e. The van der Waals surface area contributed by atoms with Crippen molar-refractivity contribution in [3.8, 4) is 11.5 Å². The molecule has 0 bridgehead atoms. The molecule has 1 fully saturated rings. The summed E-state index contributed by atoms with van der Waals surface area (Å²) in [5.41, 5.74) is 0. The first-order valence-electron chi connectivity index (χ1n) is 8.62. The average Bonchev–Trinajstić information content (AvgIpc) is 2.82. The van der Waals surface area contributed by atoms with Gasteiger partial charge in [-0.1, -0.05) is 12.8 Å². The van der Waals surface area contributed by atoms with Gasteiger partial charge in [-0.3, -0.25) is 9.69 Å². The lowest BCUT2D eigenvalue weighted by atomic mass is 10.2. The van der Waals surface area contributed by atoms with Crippen molar-refractivity contribution in [3.63, 3.8) is 0 Å². The summed E-state index contributed by atoms with van der Waals surface area (Å²) in [6.07, 6.45) is 4.98. The quantitative estimate of drug-likeness (QED) is 0.748. The van der Waals surface area contributed by atoms with Gasteiger partial charge in [-0.2, -0.15) is 0 Å². The SMILES string of the molecule is CCOc1ccc(OCCNC(=O)CN2CCCCCC2)cc1. The minimum Gasteiger partial charge on any atom is -0.494 e. The summed E-state index contributed by atoms with van der Waals surface area (Å²) in [5, 5.41) is 2.92. The monoisotopic (exact) mass is 320 g/mol. The fourth-order valence-electron chi connectivity index (χ4n) is 2.71. The Morgan fingerprint density at radius 3 is 2.26 bits per heavy atom. The molecule has 1 aliphatic rings. The molecule has 1 aromatic carbocycles. The Balaban J connectivity index is 1.59. The molecule has 0 radical (unpaired) electrons. The molecular weight excluding hydrogens is 292 g/mol. The van der Waals surface area contributed by atoms with E-state index in [9.17, 15) is 4.79 Å². The lowest BCUT2D eigenvalue weighted by Crippen LogP contribution is -2.39. The molecule has 1 heterocycles.